The fraction of sp³-hybridized carbons (Fsp3) is 0.286. The summed E-state index contributed by atoms with van der Waals surface area (Å²) in [6.45, 7) is 0. The zero-order chi connectivity index (χ0) is 25.5. The lowest BCUT2D eigenvalue weighted by Crippen LogP contribution is -2.39. The highest BCUT2D eigenvalue weighted by Crippen LogP contribution is 2.41. The molecule has 0 radical (unpaired) electrons. The second-order valence-electron chi connectivity index (χ2n) is 7.81. The molecule has 1 aliphatic carbocycles. The number of amides is 1. The Morgan fingerprint density at radius 3 is 2.37 bits per heavy atom. The van der Waals surface area contributed by atoms with Crippen LogP contribution in [0.2, 0.25) is 10.0 Å². The molecule has 2 aromatic rings. The number of phenolic OH excluding ortho intramolecular Hbond substituents is 1. The predicted octanol–water partition coefficient (Wildman–Crippen LogP) is 4.25. The molecule has 1 fully saturated rings. The van der Waals surface area contributed by atoms with Crippen molar-refractivity contribution < 1.29 is 36.6 Å². The highest BCUT2D eigenvalue weighted by Gasteiger charge is 2.34. The molecule has 0 unspecified atom stereocenters. The van der Waals surface area contributed by atoms with Crippen LogP contribution in [0.25, 0.3) is 0 Å². The minimum atomic E-state index is -4.02. The Hall–Kier alpha value is -2.80. The summed E-state index contributed by atoms with van der Waals surface area (Å²) in [5.41, 5.74) is -1.15. The molecule has 2 aliphatic rings. The SMILES string of the molecule is O=C1CC(=O)N(c2cc(Cl)c(Oc3ccc(O)c(S(=O)(=O)NC4CCC4)c3)c(Cl)c2)N=C1C(F)F. The van der Waals surface area contributed by atoms with Gasteiger partial charge in [0.1, 0.15) is 16.4 Å². The highest BCUT2D eigenvalue weighted by molar-refractivity contribution is 7.89. The first-order valence-corrected chi connectivity index (χ1v) is 12.4. The van der Waals surface area contributed by atoms with Crippen LogP contribution < -0.4 is 14.5 Å². The van der Waals surface area contributed by atoms with Crippen molar-refractivity contribution in [3.63, 3.8) is 0 Å². The minimum Gasteiger partial charge on any atom is -0.507 e. The van der Waals surface area contributed by atoms with Gasteiger partial charge in [0.15, 0.2) is 17.2 Å². The van der Waals surface area contributed by atoms with Crippen LogP contribution in [0.5, 0.6) is 17.2 Å². The molecule has 0 atom stereocenters. The number of nitrogens with one attached hydrogen (secondary N) is 1. The minimum absolute atomic E-state index is 0.0222. The van der Waals surface area contributed by atoms with Gasteiger partial charge in [-0.25, -0.2) is 21.9 Å². The van der Waals surface area contributed by atoms with E-state index in [2.05, 4.69) is 9.82 Å². The molecular formula is C21H17Cl2F2N3O6S. The van der Waals surface area contributed by atoms with E-state index in [1.807, 2.05) is 0 Å². The Bertz CT molecular complexity index is 1330. The monoisotopic (exact) mass is 547 g/mol. The number of carbonyl (C=O) groups is 2. The average molecular weight is 548 g/mol. The van der Waals surface area contributed by atoms with E-state index in [1.54, 1.807) is 0 Å². The number of phenols is 1. The van der Waals surface area contributed by atoms with Crippen molar-refractivity contribution in [3.8, 4) is 17.2 Å². The molecule has 0 bridgehead atoms. The molecule has 0 saturated heterocycles. The predicted molar refractivity (Wildman–Crippen MR) is 123 cm³/mol. The summed E-state index contributed by atoms with van der Waals surface area (Å²) in [7, 11) is -4.02. The first-order valence-electron chi connectivity index (χ1n) is 10.2. The number of carbonyl (C=O) groups excluding carboxylic acids is 2. The lowest BCUT2D eigenvalue weighted by atomic mass is 9.94. The molecule has 35 heavy (non-hydrogen) atoms. The van der Waals surface area contributed by atoms with Gasteiger partial charge in [-0.1, -0.05) is 29.6 Å². The van der Waals surface area contributed by atoms with E-state index in [9.17, 15) is 31.9 Å². The third-order valence-electron chi connectivity index (χ3n) is 5.34. The summed E-state index contributed by atoms with van der Waals surface area (Å²) in [5, 5.41) is 13.8. The van der Waals surface area contributed by atoms with Gasteiger partial charge in [0.2, 0.25) is 10.0 Å². The van der Waals surface area contributed by atoms with Gasteiger partial charge < -0.3 is 9.84 Å². The van der Waals surface area contributed by atoms with Crippen molar-refractivity contribution in [2.24, 2.45) is 5.10 Å². The quantitative estimate of drug-likeness (QED) is 0.499. The van der Waals surface area contributed by atoms with Gasteiger partial charge in [0.25, 0.3) is 12.3 Å². The molecular weight excluding hydrogens is 531 g/mol. The summed E-state index contributed by atoms with van der Waals surface area (Å²) < 4.78 is 59.5. The standard InChI is InChI=1S/C21H17Cl2F2N3O6S/c22-13-6-11(28-18(31)9-16(30)19(26-28)21(24)25)7-14(23)20(13)34-12-4-5-15(29)17(8-12)35(32,33)27-10-2-1-3-10/h4-8,10,21,27,29H,1-3,9H2. The molecule has 1 aliphatic heterocycles. The van der Waals surface area contributed by atoms with Crippen molar-refractivity contribution in [3.05, 3.63) is 40.4 Å². The normalized spacial score (nSPS) is 16.9. The number of sulfonamides is 1. The van der Waals surface area contributed by atoms with Crippen LogP contribution in [0, 0.1) is 0 Å². The number of Topliss-reactive ketones (excluding diaryl/α,β-unsaturated/α-hetero) is 1. The van der Waals surface area contributed by atoms with Gasteiger partial charge in [-0.2, -0.15) is 10.1 Å². The molecule has 14 heteroatoms. The fourth-order valence-electron chi connectivity index (χ4n) is 3.36. The summed E-state index contributed by atoms with van der Waals surface area (Å²) in [5.74, 6) is -2.57. The van der Waals surface area contributed by atoms with E-state index in [0.717, 1.165) is 18.6 Å². The van der Waals surface area contributed by atoms with Crippen LogP contribution in [-0.2, 0) is 19.6 Å². The van der Waals surface area contributed by atoms with Gasteiger partial charge in [-0.15, -0.1) is 0 Å². The highest BCUT2D eigenvalue weighted by atomic mass is 35.5. The van der Waals surface area contributed by atoms with Crippen LogP contribution in [0.15, 0.2) is 40.3 Å². The van der Waals surface area contributed by atoms with Crippen molar-refractivity contribution in [2.45, 2.75) is 43.0 Å². The number of ketones is 1. The van der Waals surface area contributed by atoms with E-state index in [-0.39, 0.29) is 33.3 Å². The second kappa shape index (κ2) is 9.69. The van der Waals surface area contributed by atoms with Crippen LogP contribution in [-0.4, -0.2) is 43.4 Å². The number of aromatic hydroxyl groups is 1. The van der Waals surface area contributed by atoms with E-state index in [4.69, 9.17) is 27.9 Å². The van der Waals surface area contributed by atoms with Crippen molar-refractivity contribution in [1.82, 2.24) is 4.72 Å². The third-order valence-corrected chi connectivity index (χ3v) is 7.45. The number of ether oxygens (including phenoxy) is 1. The molecule has 0 aromatic heterocycles. The number of benzene rings is 2. The first-order chi connectivity index (χ1) is 16.5. The Morgan fingerprint density at radius 2 is 1.80 bits per heavy atom. The second-order valence-corrected chi connectivity index (χ2v) is 10.3. The molecule has 2 N–H and O–H groups in total. The van der Waals surface area contributed by atoms with Gasteiger partial charge in [0, 0.05) is 12.1 Å². The molecule has 1 heterocycles. The smallest absolute Gasteiger partial charge is 0.285 e. The van der Waals surface area contributed by atoms with E-state index >= 15 is 0 Å². The van der Waals surface area contributed by atoms with Crippen LogP contribution in [0.3, 0.4) is 0 Å². The summed E-state index contributed by atoms with van der Waals surface area (Å²) in [4.78, 5) is 23.4. The van der Waals surface area contributed by atoms with Gasteiger partial charge >= 0.3 is 0 Å². The summed E-state index contributed by atoms with van der Waals surface area (Å²) >= 11 is 12.5. The fourth-order valence-corrected chi connectivity index (χ4v) is 5.32. The number of anilines is 1. The summed E-state index contributed by atoms with van der Waals surface area (Å²) in [6.07, 6.45) is -1.67. The molecule has 4 rings (SSSR count). The van der Waals surface area contributed by atoms with Gasteiger partial charge in [0.05, 0.1) is 22.2 Å². The molecule has 0 spiro atoms. The first kappa shape index (κ1) is 25.3. The molecule has 1 amide bonds. The lowest BCUT2D eigenvalue weighted by molar-refractivity contribution is -0.124. The topological polar surface area (TPSA) is 125 Å². The Balaban J connectivity index is 1.63. The molecule has 2 aromatic carbocycles. The van der Waals surface area contributed by atoms with Gasteiger partial charge in [-0.05, 0) is 37.1 Å². The third kappa shape index (κ3) is 5.25. The van der Waals surface area contributed by atoms with E-state index in [1.165, 1.54) is 18.2 Å². The van der Waals surface area contributed by atoms with Gasteiger partial charge in [-0.3, -0.25) is 9.59 Å². The van der Waals surface area contributed by atoms with E-state index < -0.39 is 50.9 Å². The number of halogens is 4. The molecule has 1 saturated carbocycles. The zero-order valence-corrected chi connectivity index (χ0v) is 20.0. The number of nitrogens with zero attached hydrogens (tertiary/aromatic N) is 2. The zero-order valence-electron chi connectivity index (χ0n) is 17.7. The largest absolute Gasteiger partial charge is 0.507 e. The van der Waals surface area contributed by atoms with Crippen LogP contribution in [0.4, 0.5) is 14.5 Å². The molecule has 9 nitrogen and oxygen atoms in total. The number of rotatable bonds is 7. The van der Waals surface area contributed by atoms with Crippen molar-refractivity contribution in [1.29, 1.82) is 0 Å². The number of hydrazone groups is 1. The number of hydrogen-bond acceptors (Lipinski definition) is 7. The lowest BCUT2D eigenvalue weighted by Gasteiger charge is -2.26. The maximum atomic E-state index is 13.1. The van der Waals surface area contributed by atoms with Crippen molar-refractivity contribution in [2.75, 3.05) is 5.01 Å². The van der Waals surface area contributed by atoms with Crippen LogP contribution >= 0.6 is 23.2 Å². The number of alkyl halides is 2. The van der Waals surface area contributed by atoms with E-state index in [0.29, 0.717) is 17.9 Å². The van der Waals surface area contributed by atoms with Crippen LogP contribution in [0.1, 0.15) is 25.7 Å². The maximum absolute atomic E-state index is 13.1. The Kier molecular flexibility index (Phi) is 7.00. The number of hydrogen-bond donors (Lipinski definition) is 2. The summed E-state index contributed by atoms with van der Waals surface area (Å²) in [6, 6.07) is 5.64. The molecule has 186 valence electrons. The Morgan fingerprint density at radius 1 is 1.14 bits per heavy atom. The average Bonchev–Trinajstić information content (AvgIpc) is 2.74. The van der Waals surface area contributed by atoms with Crippen molar-refractivity contribution >= 4 is 56.3 Å². The maximum Gasteiger partial charge on any atom is 0.285 e. The Labute approximate surface area is 208 Å².